The molecule has 1 heterocycles. The number of hydrogen-bond donors (Lipinski definition) is 1. The monoisotopic (exact) mass is 276 g/mol. The van der Waals surface area contributed by atoms with Gasteiger partial charge in [0.15, 0.2) is 0 Å². The van der Waals surface area contributed by atoms with E-state index < -0.39 is 5.91 Å². The van der Waals surface area contributed by atoms with Crippen LogP contribution >= 0.6 is 0 Å². The highest BCUT2D eigenvalue weighted by molar-refractivity contribution is 6.04. The van der Waals surface area contributed by atoms with Crippen LogP contribution in [0.4, 0.5) is 5.69 Å². The number of hydrogen-bond acceptors (Lipinski definition) is 4. The first-order chi connectivity index (χ1) is 9.63. The topological polar surface area (TPSA) is 92.1 Å². The van der Waals surface area contributed by atoms with Gasteiger partial charge in [-0.3, -0.25) is 15.3 Å². The van der Waals surface area contributed by atoms with Crippen molar-refractivity contribution in [2.45, 2.75) is 32.1 Å². The molecule has 2 N–H and O–H groups in total. The van der Waals surface area contributed by atoms with Gasteiger partial charge in [0, 0.05) is 12.1 Å². The maximum Gasteiger partial charge on any atom is 0.277 e. The van der Waals surface area contributed by atoms with Crippen LogP contribution in [0.3, 0.4) is 0 Å². The summed E-state index contributed by atoms with van der Waals surface area (Å²) in [5.74, 6) is -0.975. The van der Waals surface area contributed by atoms with Crippen molar-refractivity contribution in [3.05, 3.63) is 17.8 Å². The summed E-state index contributed by atoms with van der Waals surface area (Å²) in [4.78, 5) is 27.5. The largest absolute Gasteiger partial charge is 0.480 e. The van der Waals surface area contributed by atoms with Gasteiger partial charge in [0.05, 0.1) is 12.8 Å². The minimum absolute atomic E-state index is 0.000778. The molecule has 0 unspecified atom stereocenters. The van der Waals surface area contributed by atoms with E-state index in [1.54, 1.807) is 0 Å². The number of nitrogens with one attached hydrogen (secondary N) is 2. The maximum absolute atomic E-state index is 12.2. The van der Waals surface area contributed by atoms with Crippen molar-refractivity contribution >= 4 is 17.5 Å². The third-order valence-electron chi connectivity index (χ3n) is 3.57. The summed E-state index contributed by atoms with van der Waals surface area (Å²) in [6.45, 7) is 0. The third kappa shape index (κ3) is 3.07. The Balaban J connectivity index is 2.20. The highest BCUT2D eigenvalue weighted by Gasteiger charge is 2.24. The first-order valence-corrected chi connectivity index (χ1v) is 6.73. The van der Waals surface area contributed by atoms with Crippen molar-refractivity contribution in [3.63, 3.8) is 0 Å². The number of aromatic nitrogens is 1. The predicted molar refractivity (Wildman–Crippen MR) is 73.4 cm³/mol. The Morgan fingerprint density at radius 3 is 2.65 bits per heavy atom. The molecule has 1 aliphatic carbocycles. The number of carbonyl (C=O) groups is 2. The molecule has 2 rings (SSSR count). The second-order valence-corrected chi connectivity index (χ2v) is 4.90. The molecule has 0 spiro atoms. The van der Waals surface area contributed by atoms with Crippen LogP contribution in [0.25, 0.3) is 0 Å². The second kappa shape index (κ2) is 6.36. The number of anilines is 1. The summed E-state index contributed by atoms with van der Waals surface area (Å²) >= 11 is 0. The van der Waals surface area contributed by atoms with E-state index in [1.165, 1.54) is 25.8 Å². The summed E-state index contributed by atoms with van der Waals surface area (Å²) in [7, 11) is 1.38. The van der Waals surface area contributed by atoms with Crippen molar-refractivity contribution in [1.29, 1.82) is 0 Å². The summed E-state index contributed by atoms with van der Waals surface area (Å²) in [5, 5.41) is 2.74. The molecule has 6 heteroatoms. The van der Waals surface area contributed by atoms with Gasteiger partial charge in [0.25, 0.3) is 5.91 Å². The summed E-state index contributed by atoms with van der Waals surface area (Å²) < 4.78 is 4.97. The Bertz CT molecular complexity index is 510. The summed E-state index contributed by atoms with van der Waals surface area (Å²) in [6.07, 6.45) is 6.48. The third-order valence-corrected chi connectivity index (χ3v) is 3.57. The average Bonchev–Trinajstić information content (AvgIpc) is 2.47. The molecule has 2 amide bonds. The summed E-state index contributed by atoms with van der Waals surface area (Å²) in [5.41, 5.74) is 7.58. The Hall–Kier alpha value is -2.11. The van der Waals surface area contributed by atoms with E-state index in [9.17, 15) is 9.59 Å². The lowest BCUT2D eigenvalue weighted by molar-refractivity contribution is -0.120. The molecule has 1 saturated carbocycles. The van der Waals surface area contributed by atoms with Gasteiger partial charge in [-0.15, -0.1) is 0 Å². The van der Waals surface area contributed by atoms with E-state index in [2.05, 4.69) is 10.3 Å². The van der Waals surface area contributed by atoms with E-state index in [0.717, 1.165) is 25.7 Å². The number of methoxy groups -OCH3 is 1. The molecule has 1 fully saturated rings. The quantitative estimate of drug-likeness (QED) is 0.910. The van der Waals surface area contributed by atoms with E-state index in [0.29, 0.717) is 5.69 Å². The molecule has 6 nitrogen and oxygen atoms in total. The van der Waals surface area contributed by atoms with E-state index >= 15 is 0 Å². The van der Waals surface area contributed by atoms with Crippen molar-refractivity contribution in [3.8, 4) is 5.88 Å². The number of carbonyl (C=O) groups excluding carboxylic acids is 2. The van der Waals surface area contributed by atoms with Gasteiger partial charge in [-0.25, -0.2) is 4.98 Å². The predicted octanol–water partition coefficient (Wildman–Crippen LogP) is 2.03. The molecular weight excluding hydrogens is 258 g/mol. The highest BCUT2D eigenvalue weighted by Crippen LogP contribution is 2.27. The molecule has 1 aromatic rings. The molecule has 20 heavy (non-hydrogen) atoms. The Morgan fingerprint density at radius 2 is 2.05 bits per heavy atom. The Kier molecular flexibility index (Phi) is 4.55. The minimum Gasteiger partial charge on any atom is -0.480 e. The van der Waals surface area contributed by atoms with Crippen molar-refractivity contribution in [2.24, 2.45) is 5.92 Å². The standard InChI is InChI=1S/C14H18N3O3/c1-20-14-11(12(15)18)10(7-8-16-14)17-13(19)9-5-3-2-4-6-9/h7-9,15H,2-6H2,1H3,(H,16,17,19). The number of ether oxygens (including phenoxy) is 1. The number of amides is 2. The lowest BCUT2D eigenvalue weighted by Crippen LogP contribution is -2.26. The molecule has 0 aliphatic heterocycles. The number of pyridine rings is 1. The zero-order chi connectivity index (χ0) is 14.5. The molecule has 0 bridgehead atoms. The van der Waals surface area contributed by atoms with Gasteiger partial charge in [-0.2, -0.15) is 0 Å². The Morgan fingerprint density at radius 1 is 1.35 bits per heavy atom. The Labute approximate surface area is 117 Å². The fraction of sp³-hybridized carbons (Fsp3) is 0.500. The number of rotatable bonds is 4. The van der Waals surface area contributed by atoms with Crippen LogP contribution in [0.15, 0.2) is 12.3 Å². The van der Waals surface area contributed by atoms with Gasteiger partial charge in [-0.05, 0) is 18.9 Å². The molecule has 0 saturated heterocycles. The highest BCUT2D eigenvalue weighted by atomic mass is 16.5. The SMILES string of the molecule is COc1nccc(NC(=O)C2CCCCC2)c1C([NH])=O. The van der Waals surface area contributed by atoms with Crippen LogP contribution in [0, 0.1) is 5.92 Å². The van der Waals surface area contributed by atoms with Gasteiger partial charge in [-0.1, -0.05) is 19.3 Å². The molecule has 0 aromatic carbocycles. The van der Waals surface area contributed by atoms with Crippen LogP contribution in [0.5, 0.6) is 5.88 Å². The van der Waals surface area contributed by atoms with Gasteiger partial charge >= 0.3 is 0 Å². The van der Waals surface area contributed by atoms with Gasteiger partial charge in [0.1, 0.15) is 5.56 Å². The lowest BCUT2D eigenvalue weighted by atomic mass is 9.88. The zero-order valence-electron chi connectivity index (χ0n) is 11.4. The lowest BCUT2D eigenvalue weighted by Gasteiger charge is -2.21. The first-order valence-electron chi connectivity index (χ1n) is 6.73. The molecule has 1 aromatic heterocycles. The first kappa shape index (κ1) is 14.3. The molecule has 1 radical (unpaired) electrons. The van der Waals surface area contributed by atoms with Crippen LogP contribution in [0.2, 0.25) is 0 Å². The molecule has 0 atom stereocenters. The molecular formula is C14H18N3O3. The van der Waals surface area contributed by atoms with Crippen LogP contribution in [-0.2, 0) is 4.79 Å². The summed E-state index contributed by atoms with van der Waals surface area (Å²) in [6, 6.07) is 1.52. The van der Waals surface area contributed by atoms with Gasteiger partial charge in [0.2, 0.25) is 11.8 Å². The fourth-order valence-corrected chi connectivity index (χ4v) is 2.52. The van der Waals surface area contributed by atoms with E-state index in [4.69, 9.17) is 10.5 Å². The maximum atomic E-state index is 12.2. The fourth-order valence-electron chi connectivity index (χ4n) is 2.52. The number of nitrogens with zero attached hydrogens (tertiary/aromatic N) is 1. The molecule has 1 aliphatic rings. The van der Waals surface area contributed by atoms with Crippen molar-refractivity contribution in [2.75, 3.05) is 12.4 Å². The zero-order valence-corrected chi connectivity index (χ0v) is 11.4. The van der Waals surface area contributed by atoms with Crippen LogP contribution in [0.1, 0.15) is 42.5 Å². The van der Waals surface area contributed by atoms with E-state index in [1.807, 2.05) is 0 Å². The van der Waals surface area contributed by atoms with Gasteiger partial charge < -0.3 is 10.1 Å². The van der Waals surface area contributed by atoms with Crippen LogP contribution in [-0.4, -0.2) is 23.9 Å². The van der Waals surface area contributed by atoms with Crippen molar-refractivity contribution < 1.29 is 14.3 Å². The second-order valence-electron chi connectivity index (χ2n) is 4.90. The smallest absolute Gasteiger partial charge is 0.277 e. The normalized spacial score (nSPS) is 15.7. The van der Waals surface area contributed by atoms with E-state index in [-0.39, 0.29) is 23.3 Å². The average molecular weight is 276 g/mol. The minimum atomic E-state index is -0.922. The molecule has 107 valence electrons. The van der Waals surface area contributed by atoms with Crippen LogP contribution < -0.4 is 15.8 Å². The van der Waals surface area contributed by atoms with Crippen molar-refractivity contribution in [1.82, 2.24) is 10.7 Å².